The quantitative estimate of drug-likeness (QED) is 0.813. The molecule has 0 saturated heterocycles. The van der Waals surface area contributed by atoms with E-state index >= 15 is 0 Å². The van der Waals surface area contributed by atoms with Crippen LogP contribution in [-0.2, 0) is 5.60 Å². The molecule has 21 heavy (non-hydrogen) atoms. The molecule has 1 aliphatic rings. The summed E-state index contributed by atoms with van der Waals surface area (Å²) < 4.78 is 14.6. The van der Waals surface area contributed by atoms with Crippen LogP contribution < -0.4 is 0 Å². The SMILES string of the molecule is Cc1cc(C)c(C2(O)CCC(C)c3ccccc32)c(F)c1. The van der Waals surface area contributed by atoms with Crippen LogP contribution in [0, 0.1) is 19.7 Å². The zero-order valence-electron chi connectivity index (χ0n) is 12.8. The Hall–Kier alpha value is -1.67. The van der Waals surface area contributed by atoms with Crippen LogP contribution in [0.1, 0.15) is 53.5 Å². The lowest BCUT2D eigenvalue weighted by Crippen LogP contribution is -2.34. The molecule has 2 aromatic carbocycles. The molecule has 0 heterocycles. The van der Waals surface area contributed by atoms with Crippen LogP contribution in [0.3, 0.4) is 0 Å². The van der Waals surface area contributed by atoms with E-state index in [1.165, 1.54) is 6.07 Å². The largest absolute Gasteiger partial charge is 0.380 e. The Morgan fingerprint density at radius 1 is 1.19 bits per heavy atom. The highest BCUT2D eigenvalue weighted by atomic mass is 19.1. The number of rotatable bonds is 1. The lowest BCUT2D eigenvalue weighted by Gasteiger charge is -2.38. The molecule has 2 atom stereocenters. The summed E-state index contributed by atoms with van der Waals surface area (Å²) in [5, 5.41) is 11.3. The summed E-state index contributed by atoms with van der Waals surface area (Å²) in [5.41, 5.74) is 2.91. The van der Waals surface area contributed by atoms with Gasteiger partial charge in [0.25, 0.3) is 0 Å². The van der Waals surface area contributed by atoms with Crippen molar-refractivity contribution in [2.24, 2.45) is 0 Å². The Morgan fingerprint density at radius 2 is 1.90 bits per heavy atom. The summed E-state index contributed by atoms with van der Waals surface area (Å²) in [6, 6.07) is 11.3. The van der Waals surface area contributed by atoms with Gasteiger partial charge in [-0.2, -0.15) is 0 Å². The molecule has 0 fully saturated rings. The molecule has 1 nitrogen and oxygen atoms in total. The van der Waals surface area contributed by atoms with E-state index < -0.39 is 5.60 Å². The van der Waals surface area contributed by atoms with Crippen LogP contribution in [0.4, 0.5) is 4.39 Å². The van der Waals surface area contributed by atoms with Gasteiger partial charge in [0.15, 0.2) is 0 Å². The summed E-state index contributed by atoms with van der Waals surface area (Å²) in [5.74, 6) is 0.0923. The van der Waals surface area contributed by atoms with E-state index in [1.807, 2.05) is 44.2 Å². The number of aryl methyl sites for hydroxylation is 2. The van der Waals surface area contributed by atoms with E-state index in [-0.39, 0.29) is 5.82 Å². The first-order valence-electron chi connectivity index (χ1n) is 7.52. The number of hydrogen-bond acceptors (Lipinski definition) is 1. The van der Waals surface area contributed by atoms with Crippen molar-refractivity contribution in [1.82, 2.24) is 0 Å². The highest BCUT2D eigenvalue weighted by Crippen LogP contribution is 2.46. The summed E-state index contributed by atoms with van der Waals surface area (Å²) in [6.45, 7) is 5.92. The van der Waals surface area contributed by atoms with Crippen molar-refractivity contribution < 1.29 is 9.50 Å². The third-order valence-electron chi connectivity index (χ3n) is 4.72. The Balaban J connectivity index is 2.26. The van der Waals surface area contributed by atoms with E-state index in [0.29, 0.717) is 17.9 Å². The molecule has 2 heteroatoms. The van der Waals surface area contributed by atoms with Crippen molar-refractivity contribution in [3.63, 3.8) is 0 Å². The third kappa shape index (κ3) is 2.18. The Morgan fingerprint density at radius 3 is 2.62 bits per heavy atom. The monoisotopic (exact) mass is 284 g/mol. The lowest BCUT2D eigenvalue weighted by molar-refractivity contribution is 0.0536. The maximum Gasteiger partial charge on any atom is 0.130 e. The van der Waals surface area contributed by atoms with Crippen molar-refractivity contribution in [1.29, 1.82) is 0 Å². The molecule has 110 valence electrons. The highest BCUT2D eigenvalue weighted by Gasteiger charge is 2.40. The fourth-order valence-corrected chi connectivity index (χ4v) is 3.72. The summed E-state index contributed by atoms with van der Waals surface area (Å²) in [4.78, 5) is 0. The number of fused-ring (bicyclic) bond motifs is 1. The number of aliphatic hydroxyl groups is 1. The van der Waals surface area contributed by atoms with E-state index in [1.54, 1.807) is 0 Å². The van der Waals surface area contributed by atoms with Crippen LogP contribution in [0.25, 0.3) is 0 Å². The minimum atomic E-state index is -1.22. The average Bonchev–Trinajstić information content (AvgIpc) is 2.42. The lowest BCUT2D eigenvalue weighted by atomic mass is 9.70. The number of benzene rings is 2. The second-order valence-electron chi connectivity index (χ2n) is 6.33. The Bertz CT molecular complexity index is 669. The molecule has 0 saturated carbocycles. The molecule has 2 aromatic rings. The average molecular weight is 284 g/mol. The first-order chi connectivity index (χ1) is 9.93. The molecule has 0 radical (unpaired) electrons. The van der Waals surface area contributed by atoms with Gasteiger partial charge in [0.2, 0.25) is 0 Å². The predicted molar refractivity (Wildman–Crippen MR) is 83.0 cm³/mol. The number of halogens is 1. The molecule has 0 aliphatic heterocycles. The van der Waals surface area contributed by atoms with Crippen LogP contribution in [-0.4, -0.2) is 5.11 Å². The second-order valence-corrected chi connectivity index (χ2v) is 6.33. The Labute approximate surface area is 125 Å². The fourth-order valence-electron chi connectivity index (χ4n) is 3.72. The van der Waals surface area contributed by atoms with Crippen molar-refractivity contribution >= 4 is 0 Å². The van der Waals surface area contributed by atoms with Gasteiger partial charge in [-0.3, -0.25) is 0 Å². The zero-order valence-corrected chi connectivity index (χ0v) is 12.8. The molecular formula is C19H21FO. The second kappa shape index (κ2) is 4.96. The van der Waals surface area contributed by atoms with E-state index in [4.69, 9.17) is 0 Å². The van der Waals surface area contributed by atoms with Crippen molar-refractivity contribution in [2.75, 3.05) is 0 Å². The molecular weight excluding hydrogens is 263 g/mol. The van der Waals surface area contributed by atoms with Gasteiger partial charge in [-0.05, 0) is 60.9 Å². The highest BCUT2D eigenvalue weighted by molar-refractivity contribution is 5.48. The summed E-state index contributed by atoms with van der Waals surface area (Å²) >= 11 is 0. The first-order valence-corrected chi connectivity index (χ1v) is 7.52. The van der Waals surface area contributed by atoms with E-state index in [9.17, 15) is 9.50 Å². The maximum absolute atomic E-state index is 14.6. The van der Waals surface area contributed by atoms with Gasteiger partial charge in [-0.15, -0.1) is 0 Å². The normalized spacial score (nSPS) is 24.7. The first kappa shape index (κ1) is 14.3. The predicted octanol–water partition coefficient (Wildman–Crippen LogP) is 4.58. The van der Waals surface area contributed by atoms with Crippen LogP contribution in [0.2, 0.25) is 0 Å². The van der Waals surface area contributed by atoms with Crippen molar-refractivity contribution in [3.8, 4) is 0 Å². The molecule has 2 unspecified atom stereocenters. The van der Waals surface area contributed by atoms with E-state index in [0.717, 1.165) is 28.7 Å². The minimum absolute atomic E-state index is 0.306. The van der Waals surface area contributed by atoms with E-state index in [2.05, 4.69) is 6.92 Å². The molecule has 1 aliphatic carbocycles. The molecule has 1 N–H and O–H groups in total. The fraction of sp³-hybridized carbons (Fsp3) is 0.368. The molecule has 0 bridgehead atoms. The zero-order chi connectivity index (χ0) is 15.2. The summed E-state index contributed by atoms with van der Waals surface area (Å²) in [6.07, 6.45) is 1.42. The van der Waals surface area contributed by atoms with Crippen LogP contribution >= 0.6 is 0 Å². The van der Waals surface area contributed by atoms with Crippen molar-refractivity contribution in [2.45, 2.75) is 45.1 Å². The standard InChI is InChI=1S/C19H21FO/c1-12-10-14(3)18(17(20)11-12)19(21)9-8-13(2)15-6-4-5-7-16(15)19/h4-7,10-11,13,21H,8-9H2,1-3H3. The van der Waals surface area contributed by atoms with Crippen LogP contribution in [0.5, 0.6) is 0 Å². The smallest absolute Gasteiger partial charge is 0.130 e. The third-order valence-corrected chi connectivity index (χ3v) is 4.72. The summed E-state index contributed by atoms with van der Waals surface area (Å²) in [7, 11) is 0. The van der Waals surface area contributed by atoms with Crippen LogP contribution in [0.15, 0.2) is 36.4 Å². The van der Waals surface area contributed by atoms with Gasteiger partial charge in [0, 0.05) is 5.56 Å². The van der Waals surface area contributed by atoms with Crippen molar-refractivity contribution in [3.05, 3.63) is 70.0 Å². The minimum Gasteiger partial charge on any atom is -0.380 e. The molecule has 0 amide bonds. The molecule has 3 rings (SSSR count). The van der Waals surface area contributed by atoms with Gasteiger partial charge in [0.1, 0.15) is 11.4 Å². The van der Waals surface area contributed by atoms with Gasteiger partial charge < -0.3 is 5.11 Å². The molecule has 0 aromatic heterocycles. The maximum atomic E-state index is 14.6. The van der Waals surface area contributed by atoms with Gasteiger partial charge in [-0.25, -0.2) is 4.39 Å². The Kier molecular flexibility index (Phi) is 3.37. The van der Waals surface area contributed by atoms with Gasteiger partial charge in [0.05, 0.1) is 0 Å². The number of hydrogen-bond donors (Lipinski definition) is 1. The van der Waals surface area contributed by atoms with Gasteiger partial charge in [-0.1, -0.05) is 37.3 Å². The molecule has 0 spiro atoms. The topological polar surface area (TPSA) is 20.2 Å². The van der Waals surface area contributed by atoms with Gasteiger partial charge >= 0.3 is 0 Å².